The molecule has 11 nitrogen and oxygen atoms in total. The normalized spacial score (nSPS) is 19.5. The molecule has 3 atom stereocenters. The highest BCUT2D eigenvalue weighted by Gasteiger charge is 2.42. The van der Waals surface area contributed by atoms with Gasteiger partial charge in [0.1, 0.15) is 11.8 Å². The van der Waals surface area contributed by atoms with Gasteiger partial charge in [-0.3, -0.25) is 19.2 Å². The van der Waals surface area contributed by atoms with E-state index in [-0.39, 0.29) is 43.9 Å². The number of thiophene rings is 1. The minimum atomic E-state index is -1.14. The molecule has 3 amide bonds. The summed E-state index contributed by atoms with van der Waals surface area (Å²) in [6.07, 6.45) is 0.768. The summed E-state index contributed by atoms with van der Waals surface area (Å²) in [4.78, 5) is 55.4. The SMILES string of the molecule is CC(=O)C[C@@H](Cc1cccs1)NC(=O)[C@@H]1C[C@@H](NC(=O)c2ccc3c(c2)B(O)OC3)CN1C(=O)c1ccc2c(c1)B(O)OC2. The molecule has 44 heavy (non-hydrogen) atoms. The zero-order valence-corrected chi connectivity index (χ0v) is 24.8. The lowest BCUT2D eigenvalue weighted by Crippen LogP contribution is -2.49. The topological polar surface area (TPSA) is 154 Å². The Labute approximate surface area is 258 Å². The number of hydrogen-bond donors (Lipinski definition) is 4. The number of carbonyl (C=O) groups excluding carboxylic acids is 4. The van der Waals surface area contributed by atoms with Crippen molar-refractivity contribution in [3.63, 3.8) is 0 Å². The summed E-state index contributed by atoms with van der Waals surface area (Å²) in [6, 6.07) is 11.8. The monoisotopic (exact) mass is 615 g/mol. The van der Waals surface area contributed by atoms with E-state index in [1.54, 1.807) is 36.4 Å². The summed E-state index contributed by atoms with van der Waals surface area (Å²) in [5.41, 5.74) is 3.22. The molecule has 0 aliphatic carbocycles. The Morgan fingerprint density at radius 1 is 1.00 bits per heavy atom. The molecule has 3 aliphatic rings. The van der Waals surface area contributed by atoms with E-state index in [0.29, 0.717) is 22.9 Å². The molecule has 4 heterocycles. The van der Waals surface area contributed by atoms with Crippen LogP contribution >= 0.6 is 11.3 Å². The van der Waals surface area contributed by atoms with Crippen LogP contribution in [0.4, 0.5) is 0 Å². The summed E-state index contributed by atoms with van der Waals surface area (Å²) in [7, 11) is -2.23. The Morgan fingerprint density at radius 3 is 2.30 bits per heavy atom. The molecule has 1 aromatic heterocycles. The number of amides is 3. The van der Waals surface area contributed by atoms with Crippen LogP contribution in [0.15, 0.2) is 53.9 Å². The summed E-state index contributed by atoms with van der Waals surface area (Å²) < 4.78 is 10.5. The van der Waals surface area contributed by atoms with E-state index >= 15 is 0 Å². The number of carbonyl (C=O) groups is 4. The molecule has 4 N–H and O–H groups in total. The molecule has 226 valence electrons. The van der Waals surface area contributed by atoms with Gasteiger partial charge in [0.15, 0.2) is 0 Å². The van der Waals surface area contributed by atoms with E-state index in [1.165, 1.54) is 23.2 Å². The van der Waals surface area contributed by atoms with Crippen LogP contribution < -0.4 is 21.6 Å². The van der Waals surface area contributed by atoms with E-state index < -0.39 is 50.1 Å². The van der Waals surface area contributed by atoms with Gasteiger partial charge in [0, 0.05) is 47.5 Å². The van der Waals surface area contributed by atoms with Gasteiger partial charge in [-0.2, -0.15) is 0 Å². The maximum atomic E-state index is 13.9. The van der Waals surface area contributed by atoms with Crippen molar-refractivity contribution < 1.29 is 38.5 Å². The van der Waals surface area contributed by atoms with Crippen LogP contribution in [-0.2, 0) is 38.5 Å². The number of benzene rings is 2. The smallest absolute Gasteiger partial charge is 0.423 e. The number of Topliss-reactive ketones (excluding diaryl/α,β-unsaturated/α-hetero) is 1. The number of nitrogens with one attached hydrogen (secondary N) is 2. The molecule has 1 fully saturated rings. The lowest BCUT2D eigenvalue weighted by atomic mass is 9.78. The number of likely N-dealkylation sites (tertiary alicyclic amines) is 1. The van der Waals surface area contributed by atoms with Gasteiger partial charge in [0.25, 0.3) is 11.8 Å². The molecule has 6 rings (SSSR count). The number of rotatable bonds is 9. The zero-order chi connectivity index (χ0) is 31.0. The third-order valence-electron chi connectivity index (χ3n) is 8.23. The number of nitrogens with zero attached hydrogens (tertiary/aromatic N) is 1. The van der Waals surface area contributed by atoms with Crippen molar-refractivity contribution in [2.45, 2.75) is 57.5 Å². The Hall–Kier alpha value is -3.81. The number of fused-ring (bicyclic) bond motifs is 2. The predicted molar refractivity (Wildman–Crippen MR) is 164 cm³/mol. The number of ketones is 1. The van der Waals surface area contributed by atoms with Gasteiger partial charge < -0.3 is 34.9 Å². The maximum absolute atomic E-state index is 13.9. The Balaban J connectivity index is 1.23. The average molecular weight is 615 g/mol. The highest BCUT2D eigenvalue weighted by atomic mass is 32.1. The fourth-order valence-corrected chi connectivity index (χ4v) is 6.83. The van der Waals surface area contributed by atoms with Crippen molar-refractivity contribution in [2.24, 2.45) is 0 Å². The van der Waals surface area contributed by atoms with Crippen LogP contribution in [0.3, 0.4) is 0 Å². The van der Waals surface area contributed by atoms with Crippen LogP contribution in [-0.4, -0.2) is 77.4 Å². The Kier molecular flexibility index (Phi) is 8.70. The maximum Gasteiger partial charge on any atom is 0.491 e. The Bertz CT molecular complexity index is 1600. The lowest BCUT2D eigenvalue weighted by molar-refractivity contribution is -0.126. The van der Waals surface area contributed by atoms with Crippen LogP contribution in [0.2, 0.25) is 0 Å². The third kappa shape index (κ3) is 6.35. The van der Waals surface area contributed by atoms with Crippen molar-refractivity contribution in [3.8, 4) is 0 Å². The second kappa shape index (κ2) is 12.7. The molecule has 3 aliphatic heterocycles. The van der Waals surface area contributed by atoms with Gasteiger partial charge in [-0.1, -0.05) is 18.2 Å². The van der Waals surface area contributed by atoms with Crippen molar-refractivity contribution >= 4 is 60.0 Å². The van der Waals surface area contributed by atoms with Gasteiger partial charge in [0.05, 0.1) is 13.2 Å². The van der Waals surface area contributed by atoms with E-state index in [2.05, 4.69) is 10.6 Å². The number of hydrogen-bond acceptors (Lipinski definition) is 9. The predicted octanol–water partition coefficient (Wildman–Crippen LogP) is -0.0968. The van der Waals surface area contributed by atoms with Gasteiger partial charge >= 0.3 is 14.2 Å². The quantitative estimate of drug-likeness (QED) is 0.244. The molecular formula is C30H31B2N3O8S. The Morgan fingerprint density at radius 2 is 1.66 bits per heavy atom. The molecule has 1 saturated heterocycles. The summed E-state index contributed by atoms with van der Waals surface area (Å²) >= 11 is 1.53. The van der Waals surface area contributed by atoms with E-state index in [0.717, 1.165) is 16.0 Å². The molecule has 0 saturated carbocycles. The van der Waals surface area contributed by atoms with E-state index in [1.807, 2.05) is 17.5 Å². The lowest BCUT2D eigenvalue weighted by Gasteiger charge is -2.26. The molecular weight excluding hydrogens is 584 g/mol. The molecule has 3 aromatic rings. The second-order valence-corrected chi connectivity index (χ2v) is 12.5. The van der Waals surface area contributed by atoms with Crippen molar-refractivity contribution in [2.75, 3.05) is 6.54 Å². The largest absolute Gasteiger partial charge is 0.491 e. The first kappa shape index (κ1) is 30.2. The highest BCUT2D eigenvalue weighted by Crippen LogP contribution is 2.24. The second-order valence-electron chi connectivity index (χ2n) is 11.4. The fraction of sp³-hybridized carbons (Fsp3) is 0.333. The molecule has 0 bridgehead atoms. The van der Waals surface area contributed by atoms with Gasteiger partial charge in [-0.25, -0.2) is 0 Å². The summed E-state index contributed by atoms with van der Waals surface area (Å²) in [5.74, 6) is -1.32. The van der Waals surface area contributed by atoms with Crippen molar-refractivity contribution in [1.29, 1.82) is 0 Å². The highest BCUT2D eigenvalue weighted by molar-refractivity contribution is 7.09. The van der Waals surface area contributed by atoms with Crippen LogP contribution in [0.1, 0.15) is 56.5 Å². The minimum Gasteiger partial charge on any atom is -0.423 e. The third-order valence-corrected chi connectivity index (χ3v) is 9.13. The molecule has 14 heteroatoms. The molecule has 0 spiro atoms. The van der Waals surface area contributed by atoms with Crippen molar-refractivity contribution in [1.82, 2.24) is 15.5 Å². The minimum absolute atomic E-state index is 0.0672. The zero-order valence-electron chi connectivity index (χ0n) is 24.0. The van der Waals surface area contributed by atoms with Crippen LogP contribution in [0.25, 0.3) is 0 Å². The standard InChI is InChI=1S/C30H31B2N3O8S/c1-17(36)9-22(12-24-3-2-8-44-24)33-29(38)27-13-23(34-28(37)18-4-6-20-15-42-31(40)25(20)10-18)14-35(27)30(39)19-5-7-21-16-43-32(41)26(21)11-19/h2-8,10-11,22-23,27,40-41H,9,12-16H2,1H3,(H,33,38)(H,34,37)/t22-,23+,27-/m0/s1. The van der Waals surface area contributed by atoms with Gasteiger partial charge in [0.2, 0.25) is 5.91 Å². The van der Waals surface area contributed by atoms with E-state index in [4.69, 9.17) is 9.31 Å². The summed E-state index contributed by atoms with van der Waals surface area (Å²) in [6.45, 7) is 2.04. The van der Waals surface area contributed by atoms with E-state index in [9.17, 15) is 29.2 Å². The first-order valence-electron chi connectivity index (χ1n) is 14.4. The fourth-order valence-electron chi connectivity index (χ4n) is 6.04. The molecule has 0 unspecified atom stereocenters. The van der Waals surface area contributed by atoms with Crippen LogP contribution in [0, 0.1) is 0 Å². The first-order valence-corrected chi connectivity index (χ1v) is 15.3. The van der Waals surface area contributed by atoms with Gasteiger partial charge in [-0.05, 0) is 71.1 Å². The molecule has 0 radical (unpaired) electrons. The van der Waals surface area contributed by atoms with Gasteiger partial charge in [-0.15, -0.1) is 11.3 Å². The summed E-state index contributed by atoms with van der Waals surface area (Å²) in [5, 5.41) is 28.1. The average Bonchev–Trinajstić information content (AvgIpc) is 3.80. The van der Waals surface area contributed by atoms with Crippen LogP contribution in [0.5, 0.6) is 0 Å². The van der Waals surface area contributed by atoms with Crippen molar-refractivity contribution in [3.05, 3.63) is 81.0 Å². The first-order chi connectivity index (χ1) is 21.2. The molecule has 2 aromatic carbocycles.